The molecule has 0 amide bonds. The lowest BCUT2D eigenvalue weighted by molar-refractivity contribution is 0.805. The monoisotopic (exact) mass is 145 g/mol. The van der Waals surface area contributed by atoms with Crippen LogP contribution in [0.15, 0.2) is 11.1 Å². The smallest absolute Gasteiger partial charge is 0.112 e. The summed E-state index contributed by atoms with van der Waals surface area (Å²) in [5.74, 6) is 1.09. The minimum atomic E-state index is 1.04. The van der Waals surface area contributed by atoms with E-state index in [2.05, 4.69) is 16.0 Å². The van der Waals surface area contributed by atoms with Crippen LogP contribution in [0.4, 0.5) is 0 Å². The van der Waals surface area contributed by atoms with Gasteiger partial charge in [-0.1, -0.05) is 0 Å². The Balaban J connectivity index is 4.01. The van der Waals surface area contributed by atoms with Crippen LogP contribution in [-0.4, -0.2) is 31.4 Å². The van der Waals surface area contributed by atoms with Gasteiger partial charge in [0.05, 0.1) is 10.2 Å². The van der Waals surface area contributed by atoms with Gasteiger partial charge in [0.25, 0.3) is 0 Å². The molecule has 0 aliphatic heterocycles. The Morgan fingerprint density at radius 3 is 1.56 bits per heavy atom. The summed E-state index contributed by atoms with van der Waals surface area (Å²) in [5.41, 5.74) is 0. The summed E-state index contributed by atoms with van der Waals surface area (Å²) in [6.45, 7) is 0. The van der Waals surface area contributed by atoms with Crippen LogP contribution in [0.2, 0.25) is 0 Å². The van der Waals surface area contributed by atoms with Gasteiger partial charge in [-0.05, 0) is 0 Å². The molecule has 0 aromatic carbocycles. The number of nitrogens with one attached hydrogen (secondary N) is 3. The van der Waals surface area contributed by atoms with Crippen LogP contribution >= 0.6 is 0 Å². The summed E-state index contributed by atoms with van der Waals surface area (Å²) >= 11 is 0. The van der Waals surface area contributed by atoms with E-state index in [9.17, 15) is 0 Å². The zero-order valence-corrected chi connectivity index (χ0v) is 8.50. The van der Waals surface area contributed by atoms with Crippen LogP contribution in [0.1, 0.15) is 0 Å². The number of rotatable bonds is 3. The fourth-order valence-electron chi connectivity index (χ4n) is 0.625. The molecule has 0 aromatic rings. The van der Waals surface area contributed by atoms with E-state index in [1.807, 2.05) is 21.1 Å². The largest absolute Gasteiger partial charge is 0.393 e. The molecule has 0 aliphatic rings. The molecular formula is C5H15N3Si. The molecule has 0 unspecified atom stereocenters. The van der Waals surface area contributed by atoms with Crippen LogP contribution < -0.4 is 16.0 Å². The molecule has 0 aliphatic carbocycles. The molecule has 0 bridgehead atoms. The van der Waals surface area contributed by atoms with Gasteiger partial charge < -0.3 is 16.0 Å². The lowest BCUT2D eigenvalue weighted by Gasteiger charge is -2.09. The van der Waals surface area contributed by atoms with E-state index in [1.165, 1.54) is 5.32 Å². The van der Waals surface area contributed by atoms with E-state index in [1.54, 1.807) is 0 Å². The van der Waals surface area contributed by atoms with Crippen molar-refractivity contribution in [3.63, 3.8) is 0 Å². The fraction of sp³-hybridized carbons (Fsp3) is 0.600. The number of hydrogen-bond donors (Lipinski definition) is 3. The molecule has 0 fully saturated rings. The predicted molar refractivity (Wildman–Crippen MR) is 44.1 cm³/mol. The molecule has 0 rings (SSSR count). The zero-order valence-electron chi connectivity index (χ0n) is 6.50. The molecule has 0 aromatic heterocycles. The molecular weight excluding hydrogens is 130 g/mol. The van der Waals surface area contributed by atoms with Crippen molar-refractivity contribution in [2.75, 3.05) is 21.1 Å². The maximum absolute atomic E-state index is 3.08. The SMILES string of the molecule is CNC([SiH3])=C(NC)NC. The molecule has 4 heteroatoms. The molecule has 0 atom stereocenters. The summed E-state index contributed by atoms with van der Waals surface area (Å²) in [6, 6.07) is 0. The van der Waals surface area contributed by atoms with E-state index in [0.29, 0.717) is 0 Å². The maximum Gasteiger partial charge on any atom is 0.112 e. The van der Waals surface area contributed by atoms with Gasteiger partial charge in [-0.25, -0.2) is 0 Å². The average molecular weight is 145 g/mol. The first-order valence-corrected chi connectivity index (χ1v) is 4.00. The van der Waals surface area contributed by atoms with E-state index in [0.717, 1.165) is 16.1 Å². The molecule has 0 radical (unpaired) electrons. The van der Waals surface area contributed by atoms with Crippen LogP contribution in [0, 0.1) is 0 Å². The summed E-state index contributed by atoms with van der Waals surface area (Å²) < 4.78 is 0. The second-order valence-corrected chi connectivity index (χ2v) is 2.75. The Bertz CT molecular complexity index is 105. The minimum Gasteiger partial charge on any atom is -0.393 e. The normalized spacial score (nSPS) is 8.33. The summed E-state index contributed by atoms with van der Waals surface area (Å²) in [7, 11) is 6.77. The highest BCUT2D eigenvalue weighted by Gasteiger charge is 1.91. The summed E-state index contributed by atoms with van der Waals surface area (Å²) in [5, 5.41) is 10.4. The van der Waals surface area contributed by atoms with Crippen molar-refractivity contribution in [2.45, 2.75) is 0 Å². The second-order valence-electron chi connectivity index (χ2n) is 1.75. The van der Waals surface area contributed by atoms with Crippen molar-refractivity contribution in [3.05, 3.63) is 11.1 Å². The standard InChI is InChI=1S/C5H15N3Si/c1-6-4(7-2)5(9)8-3/h6-8H,1-3,9H3. The van der Waals surface area contributed by atoms with Gasteiger partial charge in [0.2, 0.25) is 0 Å². The van der Waals surface area contributed by atoms with E-state index < -0.39 is 0 Å². The molecule has 0 spiro atoms. The maximum atomic E-state index is 3.08. The Morgan fingerprint density at radius 1 is 1.00 bits per heavy atom. The average Bonchev–Trinajstić information content (AvgIpc) is 1.90. The van der Waals surface area contributed by atoms with E-state index in [-0.39, 0.29) is 0 Å². The fourth-order valence-corrected chi connectivity index (χ4v) is 1.12. The lowest BCUT2D eigenvalue weighted by atomic mass is 10.7. The van der Waals surface area contributed by atoms with Crippen LogP contribution in [0.3, 0.4) is 0 Å². The van der Waals surface area contributed by atoms with Crippen molar-refractivity contribution >= 4 is 10.2 Å². The molecule has 3 nitrogen and oxygen atoms in total. The van der Waals surface area contributed by atoms with Crippen LogP contribution in [-0.2, 0) is 0 Å². The quantitative estimate of drug-likeness (QED) is 0.408. The van der Waals surface area contributed by atoms with Crippen molar-refractivity contribution in [3.8, 4) is 0 Å². The van der Waals surface area contributed by atoms with Gasteiger partial charge in [0, 0.05) is 26.5 Å². The van der Waals surface area contributed by atoms with Gasteiger partial charge in [0.15, 0.2) is 0 Å². The summed E-state index contributed by atoms with van der Waals surface area (Å²) in [4.78, 5) is 0. The summed E-state index contributed by atoms with van der Waals surface area (Å²) in [6.07, 6.45) is 0. The van der Waals surface area contributed by atoms with E-state index in [4.69, 9.17) is 0 Å². The Hall–Kier alpha value is -0.643. The van der Waals surface area contributed by atoms with Crippen molar-refractivity contribution in [2.24, 2.45) is 0 Å². The Morgan fingerprint density at radius 2 is 1.44 bits per heavy atom. The molecule has 0 saturated heterocycles. The lowest BCUT2D eigenvalue weighted by Crippen LogP contribution is -2.26. The van der Waals surface area contributed by atoms with Gasteiger partial charge in [-0.3, -0.25) is 0 Å². The Kier molecular flexibility index (Phi) is 3.95. The van der Waals surface area contributed by atoms with Gasteiger partial charge in [-0.15, -0.1) is 0 Å². The van der Waals surface area contributed by atoms with Crippen LogP contribution in [0.25, 0.3) is 0 Å². The molecule has 9 heavy (non-hydrogen) atoms. The van der Waals surface area contributed by atoms with Crippen molar-refractivity contribution in [1.29, 1.82) is 0 Å². The van der Waals surface area contributed by atoms with Gasteiger partial charge in [0.1, 0.15) is 5.82 Å². The third-order valence-electron chi connectivity index (χ3n) is 1.25. The van der Waals surface area contributed by atoms with Crippen molar-refractivity contribution in [1.82, 2.24) is 16.0 Å². The zero-order chi connectivity index (χ0) is 7.28. The molecule has 0 saturated carbocycles. The highest BCUT2D eigenvalue weighted by atomic mass is 28.1. The molecule has 3 N–H and O–H groups in total. The first-order chi connectivity index (χ1) is 4.26. The second kappa shape index (κ2) is 4.26. The Labute approximate surface area is 59.3 Å². The molecule has 0 heterocycles. The highest BCUT2D eigenvalue weighted by molar-refractivity contribution is 6.21. The minimum absolute atomic E-state index is 1.04. The van der Waals surface area contributed by atoms with Gasteiger partial charge in [-0.2, -0.15) is 0 Å². The van der Waals surface area contributed by atoms with Crippen molar-refractivity contribution < 1.29 is 0 Å². The topological polar surface area (TPSA) is 36.1 Å². The van der Waals surface area contributed by atoms with E-state index >= 15 is 0 Å². The predicted octanol–water partition coefficient (Wildman–Crippen LogP) is -1.86. The third kappa shape index (κ3) is 2.41. The first kappa shape index (κ1) is 8.36. The first-order valence-electron chi connectivity index (χ1n) is 3.00. The highest BCUT2D eigenvalue weighted by Crippen LogP contribution is 1.83. The van der Waals surface area contributed by atoms with Gasteiger partial charge >= 0.3 is 0 Å². The third-order valence-corrected chi connectivity index (χ3v) is 2.25. The van der Waals surface area contributed by atoms with Crippen LogP contribution in [0.5, 0.6) is 0 Å². The number of hydrogen-bond acceptors (Lipinski definition) is 3. The molecule has 54 valence electrons.